The van der Waals surface area contributed by atoms with Crippen molar-refractivity contribution in [2.45, 2.75) is 45.7 Å². The van der Waals surface area contributed by atoms with Crippen LogP contribution in [0.5, 0.6) is 0 Å². The first-order valence-corrected chi connectivity index (χ1v) is 9.93. The van der Waals surface area contributed by atoms with Crippen molar-refractivity contribution in [3.63, 3.8) is 0 Å². The number of pyridine rings is 1. The molecule has 1 aromatic carbocycles. The third-order valence-electron chi connectivity index (χ3n) is 5.77. The molecule has 0 bridgehead atoms. The fourth-order valence-corrected chi connectivity index (χ4v) is 4.15. The van der Waals surface area contributed by atoms with Crippen molar-refractivity contribution < 1.29 is 4.39 Å². The minimum atomic E-state index is -0.192. The number of hydrogen-bond donors (Lipinski definition) is 0. The molecule has 3 aromatic rings. The van der Waals surface area contributed by atoms with Crippen LogP contribution in [0.15, 0.2) is 42.6 Å². The third kappa shape index (κ3) is 3.99. The standard InChI is InChI=1S/C23H27FN4/c1-16-11-19(12-18-6-8-21(24)9-7-18)13-22(26-16)23-5-4-10-28(23)15-20-14-25-27(3)17(20)2/h6-9,11,13-14,23H,4-5,10,12,15H2,1-3H3/t23-/m0/s1. The predicted octanol–water partition coefficient (Wildman–Crippen LogP) is 4.50. The fourth-order valence-electron chi connectivity index (χ4n) is 4.15. The van der Waals surface area contributed by atoms with Gasteiger partial charge in [0.2, 0.25) is 0 Å². The lowest BCUT2D eigenvalue weighted by molar-refractivity contribution is 0.243. The highest BCUT2D eigenvalue weighted by Crippen LogP contribution is 2.33. The smallest absolute Gasteiger partial charge is 0.123 e. The number of aryl methyl sites for hydroxylation is 2. The van der Waals surface area contributed by atoms with E-state index in [1.807, 2.05) is 30.1 Å². The van der Waals surface area contributed by atoms with E-state index in [0.29, 0.717) is 6.04 Å². The summed E-state index contributed by atoms with van der Waals surface area (Å²) in [5.74, 6) is -0.192. The Morgan fingerprint density at radius 1 is 1.11 bits per heavy atom. The van der Waals surface area contributed by atoms with Gasteiger partial charge in [0.05, 0.1) is 17.9 Å². The highest BCUT2D eigenvalue weighted by atomic mass is 19.1. The number of nitrogens with zero attached hydrogens (tertiary/aromatic N) is 4. The van der Waals surface area contributed by atoms with Crippen LogP contribution in [0.2, 0.25) is 0 Å². The molecule has 4 nitrogen and oxygen atoms in total. The molecule has 0 N–H and O–H groups in total. The van der Waals surface area contributed by atoms with E-state index >= 15 is 0 Å². The molecule has 0 aliphatic carbocycles. The van der Waals surface area contributed by atoms with Gasteiger partial charge in [0.25, 0.3) is 0 Å². The van der Waals surface area contributed by atoms with Gasteiger partial charge < -0.3 is 0 Å². The molecule has 0 unspecified atom stereocenters. The van der Waals surface area contributed by atoms with Crippen LogP contribution in [0.1, 0.15) is 52.7 Å². The van der Waals surface area contributed by atoms with Crippen molar-refractivity contribution >= 4 is 0 Å². The van der Waals surface area contributed by atoms with Crippen molar-refractivity contribution in [3.05, 3.63) is 82.2 Å². The molecule has 1 saturated heterocycles. The lowest BCUT2D eigenvalue weighted by Crippen LogP contribution is -2.24. The van der Waals surface area contributed by atoms with E-state index in [2.05, 4.69) is 36.0 Å². The van der Waals surface area contributed by atoms with Gasteiger partial charge in [0.1, 0.15) is 5.82 Å². The number of halogens is 1. The van der Waals surface area contributed by atoms with Crippen LogP contribution in [-0.4, -0.2) is 26.2 Å². The van der Waals surface area contributed by atoms with Crippen molar-refractivity contribution in [1.29, 1.82) is 0 Å². The Balaban J connectivity index is 1.56. The van der Waals surface area contributed by atoms with E-state index in [9.17, 15) is 4.39 Å². The molecule has 1 atom stereocenters. The van der Waals surface area contributed by atoms with Crippen LogP contribution in [0.4, 0.5) is 4.39 Å². The average Bonchev–Trinajstić information content (AvgIpc) is 3.25. The first-order chi connectivity index (χ1) is 13.5. The molecule has 0 radical (unpaired) electrons. The Morgan fingerprint density at radius 2 is 1.89 bits per heavy atom. The highest BCUT2D eigenvalue weighted by molar-refractivity contribution is 5.30. The van der Waals surface area contributed by atoms with E-state index in [1.54, 1.807) is 0 Å². The van der Waals surface area contributed by atoms with Crippen molar-refractivity contribution in [3.8, 4) is 0 Å². The molecule has 1 aliphatic rings. The number of benzene rings is 1. The monoisotopic (exact) mass is 378 g/mol. The Bertz CT molecular complexity index is 961. The van der Waals surface area contributed by atoms with E-state index in [-0.39, 0.29) is 5.82 Å². The van der Waals surface area contributed by atoms with E-state index in [0.717, 1.165) is 42.9 Å². The minimum Gasteiger partial charge on any atom is -0.290 e. The van der Waals surface area contributed by atoms with Gasteiger partial charge in [0.15, 0.2) is 0 Å². The van der Waals surface area contributed by atoms with Crippen LogP contribution in [-0.2, 0) is 20.0 Å². The van der Waals surface area contributed by atoms with Crippen molar-refractivity contribution in [2.24, 2.45) is 7.05 Å². The molecule has 0 amide bonds. The summed E-state index contributed by atoms with van der Waals surface area (Å²) in [6.07, 6.45) is 5.10. The second-order valence-corrected chi connectivity index (χ2v) is 7.85. The lowest BCUT2D eigenvalue weighted by Gasteiger charge is -2.24. The molecule has 2 aromatic heterocycles. The number of aromatic nitrogens is 3. The number of likely N-dealkylation sites (tertiary alicyclic amines) is 1. The fraction of sp³-hybridized carbons (Fsp3) is 0.391. The SMILES string of the molecule is Cc1cc(Cc2ccc(F)cc2)cc([C@@H]2CCCN2Cc2cnn(C)c2C)n1. The molecule has 5 heteroatoms. The van der Waals surface area contributed by atoms with Gasteiger partial charge >= 0.3 is 0 Å². The summed E-state index contributed by atoms with van der Waals surface area (Å²) in [5, 5.41) is 4.38. The van der Waals surface area contributed by atoms with Gasteiger partial charge in [-0.2, -0.15) is 5.10 Å². The highest BCUT2D eigenvalue weighted by Gasteiger charge is 2.28. The zero-order valence-corrected chi connectivity index (χ0v) is 16.8. The molecule has 1 fully saturated rings. The molecule has 0 spiro atoms. The first-order valence-electron chi connectivity index (χ1n) is 9.93. The Kier molecular flexibility index (Phi) is 5.27. The van der Waals surface area contributed by atoms with E-state index in [4.69, 9.17) is 4.98 Å². The van der Waals surface area contributed by atoms with Crippen LogP contribution in [0.25, 0.3) is 0 Å². The predicted molar refractivity (Wildman–Crippen MR) is 109 cm³/mol. The number of rotatable bonds is 5. The Labute approximate surface area is 166 Å². The summed E-state index contributed by atoms with van der Waals surface area (Å²) in [6.45, 7) is 6.18. The molecular formula is C23H27FN4. The lowest BCUT2D eigenvalue weighted by atomic mass is 10.0. The summed E-state index contributed by atoms with van der Waals surface area (Å²) in [4.78, 5) is 7.39. The normalized spacial score (nSPS) is 17.4. The van der Waals surface area contributed by atoms with Crippen LogP contribution in [0.3, 0.4) is 0 Å². The molecule has 0 saturated carbocycles. The molecule has 28 heavy (non-hydrogen) atoms. The molecule has 1 aliphatic heterocycles. The second-order valence-electron chi connectivity index (χ2n) is 7.85. The van der Waals surface area contributed by atoms with E-state index in [1.165, 1.54) is 35.4 Å². The first kappa shape index (κ1) is 18.8. The summed E-state index contributed by atoms with van der Waals surface area (Å²) >= 11 is 0. The maximum atomic E-state index is 13.2. The van der Waals surface area contributed by atoms with Crippen molar-refractivity contribution in [1.82, 2.24) is 19.7 Å². The summed E-state index contributed by atoms with van der Waals surface area (Å²) in [5.41, 5.74) is 7.05. The topological polar surface area (TPSA) is 34.0 Å². The van der Waals surface area contributed by atoms with Crippen LogP contribution in [0, 0.1) is 19.7 Å². The molecular weight excluding hydrogens is 351 g/mol. The van der Waals surface area contributed by atoms with Crippen LogP contribution >= 0.6 is 0 Å². The molecule has 146 valence electrons. The Hall–Kier alpha value is -2.53. The largest absolute Gasteiger partial charge is 0.290 e. The minimum absolute atomic E-state index is 0.192. The third-order valence-corrected chi connectivity index (χ3v) is 5.77. The zero-order valence-electron chi connectivity index (χ0n) is 16.8. The van der Waals surface area contributed by atoms with Gasteiger partial charge in [-0.05, 0) is 75.0 Å². The van der Waals surface area contributed by atoms with Gasteiger partial charge in [-0.15, -0.1) is 0 Å². The summed E-state index contributed by atoms with van der Waals surface area (Å²) in [6, 6.07) is 11.5. The second kappa shape index (κ2) is 7.84. The maximum absolute atomic E-state index is 13.2. The molecule has 3 heterocycles. The Morgan fingerprint density at radius 3 is 2.61 bits per heavy atom. The van der Waals surface area contributed by atoms with Gasteiger partial charge in [0, 0.05) is 30.5 Å². The van der Waals surface area contributed by atoms with Gasteiger partial charge in [-0.3, -0.25) is 14.6 Å². The quantitative estimate of drug-likeness (QED) is 0.656. The molecule has 4 rings (SSSR count). The summed E-state index contributed by atoms with van der Waals surface area (Å²) < 4.78 is 15.1. The van der Waals surface area contributed by atoms with Gasteiger partial charge in [-0.25, -0.2) is 4.39 Å². The maximum Gasteiger partial charge on any atom is 0.123 e. The summed E-state index contributed by atoms with van der Waals surface area (Å²) in [7, 11) is 1.99. The number of hydrogen-bond acceptors (Lipinski definition) is 3. The van der Waals surface area contributed by atoms with Crippen LogP contribution < -0.4 is 0 Å². The average molecular weight is 378 g/mol. The van der Waals surface area contributed by atoms with Gasteiger partial charge in [-0.1, -0.05) is 12.1 Å². The zero-order chi connectivity index (χ0) is 19.7. The van der Waals surface area contributed by atoms with E-state index < -0.39 is 0 Å². The van der Waals surface area contributed by atoms with Crippen molar-refractivity contribution in [2.75, 3.05) is 6.54 Å².